The Hall–Kier alpha value is -2.51. The van der Waals surface area contributed by atoms with Gasteiger partial charge in [-0.1, -0.05) is 0 Å². The molecule has 3 rings (SSSR count). The van der Waals surface area contributed by atoms with Crippen LogP contribution in [0.2, 0.25) is 0 Å². The fourth-order valence-electron chi connectivity index (χ4n) is 2.58. The number of carbonyl (C=O) groups excluding carboxylic acids is 1. The van der Waals surface area contributed by atoms with Gasteiger partial charge < -0.3 is 10.1 Å². The molecule has 1 aliphatic carbocycles. The van der Waals surface area contributed by atoms with Crippen molar-refractivity contribution in [3.05, 3.63) is 31.2 Å². The van der Waals surface area contributed by atoms with Crippen molar-refractivity contribution in [1.82, 2.24) is 30.0 Å². The van der Waals surface area contributed by atoms with Gasteiger partial charge >= 0.3 is 0 Å². The van der Waals surface area contributed by atoms with Crippen molar-refractivity contribution >= 4 is 5.91 Å². The van der Waals surface area contributed by atoms with Crippen molar-refractivity contribution in [2.24, 2.45) is 0 Å². The summed E-state index contributed by atoms with van der Waals surface area (Å²) in [6, 6.07) is 0.192. The van der Waals surface area contributed by atoms with E-state index in [-0.39, 0.29) is 24.6 Å². The smallest absolute Gasteiger partial charge is 0.242 e. The van der Waals surface area contributed by atoms with Crippen molar-refractivity contribution in [3.63, 3.8) is 0 Å². The maximum absolute atomic E-state index is 11.9. The van der Waals surface area contributed by atoms with Crippen LogP contribution in [0.5, 0.6) is 5.88 Å². The molecule has 1 amide bonds. The number of nitrogens with one attached hydrogen (secondary N) is 1. The summed E-state index contributed by atoms with van der Waals surface area (Å²) in [6.45, 7) is 0.204. The summed E-state index contributed by atoms with van der Waals surface area (Å²) in [5, 5.41) is 6.95. The molecule has 0 saturated heterocycles. The van der Waals surface area contributed by atoms with E-state index in [1.807, 2.05) is 0 Å². The Bertz CT molecular complexity index is 581. The molecule has 2 aromatic rings. The molecule has 0 atom stereocenters. The molecular weight excluding hydrogens is 284 g/mol. The van der Waals surface area contributed by atoms with Crippen LogP contribution in [-0.4, -0.2) is 42.8 Å². The first-order chi connectivity index (χ1) is 10.8. The number of nitrogens with zero attached hydrogens (tertiary/aromatic N) is 5. The molecule has 1 N–H and O–H groups in total. The minimum absolute atomic E-state index is 0.0382. The molecule has 0 aromatic carbocycles. The molecule has 116 valence electrons. The highest BCUT2D eigenvalue weighted by molar-refractivity contribution is 5.75. The quantitative estimate of drug-likeness (QED) is 0.868. The molecule has 0 bridgehead atoms. The summed E-state index contributed by atoms with van der Waals surface area (Å²) in [6.07, 6.45) is 11.5. The Balaban J connectivity index is 1.41. The standard InChI is InChI=1S/C14H18N6O2/c21-13(8-20-10-16-9-18-20)19-11-1-3-12(4-2-11)22-14-7-15-5-6-17-14/h5-7,9-12H,1-4,8H2,(H,19,21). The van der Waals surface area contributed by atoms with E-state index in [4.69, 9.17) is 4.74 Å². The van der Waals surface area contributed by atoms with Gasteiger partial charge in [-0.3, -0.25) is 9.78 Å². The van der Waals surface area contributed by atoms with Crippen molar-refractivity contribution in [1.29, 1.82) is 0 Å². The maximum Gasteiger partial charge on any atom is 0.242 e. The lowest BCUT2D eigenvalue weighted by molar-refractivity contribution is -0.122. The van der Waals surface area contributed by atoms with E-state index in [0.717, 1.165) is 25.7 Å². The molecule has 8 heteroatoms. The third-order valence-electron chi connectivity index (χ3n) is 3.64. The van der Waals surface area contributed by atoms with E-state index < -0.39 is 0 Å². The molecule has 22 heavy (non-hydrogen) atoms. The number of carbonyl (C=O) groups is 1. The van der Waals surface area contributed by atoms with E-state index in [0.29, 0.717) is 5.88 Å². The third kappa shape index (κ3) is 4.00. The van der Waals surface area contributed by atoms with E-state index >= 15 is 0 Å². The van der Waals surface area contributed by atoms with E-state index in [2.05, 4.69) is 25.4 Å². The Morgan fingerprint density at radius 3 is 2.82 bits per heavy atom. The number of amides is 1. The lowest BCUT2D eigenvalue weighted by Gasteiger charge is -2.29. The second kappa shape index (κ2) is 6.97. The molecule has 2 aromatic heterocycles. The molecule has 1 aliphatic rings. The highest BCUT2D eigenvalue weighted by atomic mass is 16.5. The molecule has 0 spiro atoms. The van der Waals surface area contributed by atoms with Crippen LogP contribution in [0.1, 0.15) is 25.7 Å². The van der Waals surface area contributed by atoms with Crippen LogP contribution in [0.25, 0.3) is 0 Å². The van der Waals surface area contributed by atoms with Crippen LogP contribution in [0.4, 0.5) is 0 Å². The van der Waals surface area contributed by atoms with E-state index in [9.17, 15) is 4.79 Å². The predicted octanol–water partition coefficient (Wildman–Crippen LogP) is 0.574. The van der Waals surface area contributed by atoms with E-state index in [1.54, 1.807) is 18.6 Å². The number of aromatic nitrogens is 5. The monoisotopic (exact) mass is 302 g/mol. The second-order valence-corrected chi connectivity index (χ2v) is 5.30. The fourth-order valence-corrected chi connectivity index (χ4v) is 2.58. The Labute approximate surface area is 127 Å². The first kappa shape index (κ1) is 14.4. The molecule has 0 unspecified atom stereocenters. The van der Waals surface area contributed by atoms with Gasteiger partial charge in [0.15, 0.2) is 0 Å². The molecule has 0 radical (unpaired) electrons. The topological polar surface area (TPSA) is 94.8 Å². The largest absolute Gasteiger partial charge is 0.473 e. The molecular formula is C14H18N6O2. The summed E-state index contributed by atoms with van der Waals surface area (Å²) in [5.41, 5.74) is 0. The number of rotatable bonds is 5. The van der Waals surface area contributed by atoms with Crippen LogP contribution < -0.4 is 10.1 Å². The van der Waals surface area contributed by atoms with Crippen molar-refractivity contribution in [2.75, 3.05) is 0 Å². The normalized spacial score (nSPS) is 21.3. The van der Waals surface area contributed by atoms with Crippen LogP contribution >= 0.6 is 0 Å². The molecule has 0 aliphatic heterocycles. The van der Waals surface area contributed by atoms with Crippen LogP contribution in [0.3, 0.4) is 0 Å². The van der Waals surface area contributed by atoms with E-state index in [1.165, 1.54) is 17.3 Å². The van der Waals surface area contributed by atoms with Crippen molar-refractivity contribution in [2.45, 2.75) is 44.4 Å². The zero-order valence-electron chi connectivity index (χ0n) is 12.1. The SMILES string of the molecule is O=C(Cn1cncn1)NC1CCC(Oc2cnccn2)CC1. The van der Waals surface area contributed by atoms with Gasteiger partial charge in [0.25, 0.3) is 0 Å². The number of ether oxygens (including phenoxy) is 1. The molecule has 1 saturated carbocycles. The Kier molecular flexibility index (Phi) is 4.57. The van der Waals surface area contributed by atoms with Crippen LogP contribution in [0, 0.1) is 0 Å². The van der Waals surface area contributed by atoms with Crippen LogP contribution in [0.15, 0.2) is 31.2 Å². The number of hydrogen-bond acceptors (Lipinski definition) is 6. The van der Waals surface area contributed by atoms with Gasteiger partial charge in [0, 0.05) is 18.4 Å². The first-order valence-electron chi connectivity index (χ1n) is 7.34. The fraction of sp³-hybridized carbons (Fsp3) is 0.500. The second-order valence-electron chi connectivity index (χ2n) is 5.30. The highest BCUT2D eigenvalue weighted by Gasteiger charge is 2.24. The minimum Gasteiger partial charge on any atom is -0.473 e. The van der Waals surface area contributed by atoms with Gasteiger partial charge in [-0.15, -0.1) is 0 Å². The third-order valence-corrected chi connectivity index (χ3v) is 3.64. The molecule has 2 heterocycles. The van der Waals surface area contributed by atoms with Crippen molar-refractivity contribution < 1.29 is 9.53 Å². The lowest BCUT2D eigenvalue weighted by atomic mass is 9.93. The zero-order chi connectivity index (χ0) is 15.2. The van der Waals surface area contributed by atoms with Crippen molar-refractivity contribution in [3.8, 4) is 5.88 Å². The summed E-state index contributed by atoms with van der Waals surface area (Å²) in [4.78, 5) is 23.8. The van der Waals surface area contributed by atoms with Gasteiger partial charge in [-0.2, -0.15) is 5.10 Å². The summed E-state index contributed by atoms with van der Waals surface area (Å²) < 4.78 is 7.30. The van der Waals surface area contributed by atoms with Gasteiger partial charge in [0.05, 0.1) is 6.20 Å². The first-order valence-corrected chi connectivity index (χ1v) is 7.34. The van der Waals surface area contributed by atoms with Gasteiger partial charge in [0.2, 0.25) is 11.8 Å². The summed E-state index contributed by atoms with van der Waals surface area (Å²) >= 11 is 0. The predicted molar refractivity (Wildman–Crippen MR) is 76.9 cm³/mol. The number of hydrogen-bond donors (Lipinski definition) is 1. The Morgan fingerprint density at radius 1 is 1.27 bits per heavy atom. The van der Waals surface area contributed by atoms with Gasteiger partial charge in [-0.05, 0) is 25.7 Å². The van der Waals surface area contributed by atoms with Gasteiger partial charge in [-0.25, -0.2) is 14.6 Å². The molecule has 1 fully saturated rings. The van der Waals surface area contributed by atoms with Crippen LogP contribution in [-0.2, 0) is 11.3 Å². The maximum atomic E-state index is 11.9. The zero-order valence-corrected chi connectivity index (χ0v) is 12.1. The minimum atomic E-state index is -0.0382. The highest BCUT2D eigenvalue weighted by Crippen LogP contribution is 2.22. The average molecular weight is 302 g/mol. The summed E-state index contributed by atoms with van der Waals surface area (Å²) in [7, 11) is 0. The van der Waals surface area contributed by atoms with Gasteiger partial charge in [0.1, 0.15) is 25.3 Å². The Morgan fingerprint density at radius 2 is 2.14 bits per heavy atom. The molecule has 8 nitrogen and oxygen atoms in total. The lowest BCUT2D eigenvalue weighted by Crippen LogP contribution is -2.41. The average Bonchev–Trinajstić information content (AvgIpc) is 3.03. The summed E-state index contributed by atoms with van der Waals surface area (Å²) in [5.74, 6) is 0.518.